The molecule has 2 aromatic rings. The third kappa shape index (κ3) is 6.09. The van der Waals surface area contributed by atoms with Crippen molar-refractivity contribution >= 4 is 5.91 Å². The van der Waals surface area contributed by atoms with Crippen LogP contribution in [0, 0.1) is 11.8 Å². The number of nitrogens with zero attached hydrogens (tertiary/aromatic N) is 4. The first-order valence-electron chi connectivity index (χ1n) is 11.5. The van der Waals surface area contributed by atoms with Crippen LogP contribution in [-0.2, 0) is 29.7 Å². The summed E-state index contributed by atoms with van der Waals surface area (Å²) < 4.78 is 12.8. The fraction of sp³-hybridized carbons (Fsp3) is 0.583. The van der Waals surface area contributed by atoms with Gasteiger partial charge in [-0.15, -0.1) is 0 Å². The van der Waals surface area contributed by atoms with E-state index >= 15 is 0 Å². The van der Waals surface area contributed by atoms with Gasteiger partial charge in [0.15, 0.2) is 0 Å². The maximum absolute atomic E-state index is 13.1. The third-order valence-corrected chi connectivity index (χ3v) is 6.52. The minimum Gasteiger partial charge on any atom is -0.497 e. The first kappa shape index (κ1) is 22.8. The molecule has 0 spiro atoms. The highest BCUT2D eigenvalue weighted by atomic mass is 16.5. The van der Waals surface area contributed by atoms with Crippen LogP contribution in [0.15, 0.2) is 36.7 Å². The number of hydrogen-bond donors (Lipinski definition) is 1. The molecule has 8 heteroatoms. The van der Waals surface area contributed by atoms with E-state index in [4.69, 9.17) is 9.47 Å². The fourth-order valence-electron chi connectivity index (χ4n) is 4.73. The molecule has 32 heavy (non-hydrogen) atoms. The number of amides is 1. The zero-order valence-electron chi connectivity index (χ0n) is 19.2. The van der Waals surface area contributed by atoms with Crippen LogP contribution in [-0.4, -0.2) is 78.3 Å². The first-order chi connectivity index (χ1) is 15.6. The Morgan fingerprint density at radius 2 is 1.97 bits per heavy atom. The summed E-state index contributed by atoms with van der Waals surface area (Å²) in [6, 6.07) is 7.84. The molecule has 0 radical (unpaired) electrons. The second-order valence-corrected chi connectivity index (χ2v) is 8.93. The van der Waals surface area contributed by atoms with Crippen molar-refractivity contribution in [1.82, 2.24) is 24.7 Å². The molecule has 4 rings (SSSR count). The van der Waals surface area contributed by atoms with Crippen LogP contribution < -0.4 is 10.1 Å². The maximum Gasteiger partial charge on any atom is 0.224 e. The van der Waals surface area contributed by atoms with E-state index in [0.29, 0.717) is 12.5 Å². The predicted molar refractivity (Wildman–Crippen MR) is 122 cm³/mol. The Hall–Kier alpha value is -2.42. The molecule has 3 heterocycles. The van der Waals surface area contributed by atoms with Crippen LogP contribution in [0.2, 0.25) is 0 Å². The van der Waals surface area contributed by atoms with Gasteiger partial charge in [0.1, 0.15) is 11.6 Å². The molecule has 1 amide bonds. The standard InChI is InChI=1S/C24H35N5O3/c1-27-8-7-25-23(27)18-29-16-20(15-28-9-11-32-12-10-28)13-21(17-29)24(30)26-14-19-3-5-22(31-2)6-4-19/h3-8,20-21H,9-18H2,1-2H3,(H,26,30)/t20-,21-/m1/s1. The normalized spacial score (nSPS) is 22.6. The summed E-state index contributed by atoms with van der Waals surface area (Å²) in [4.78, 5) is 22.5. The zero-order valence-corrected chi connectivity index (χ0v) is 19.2. The molecular weight excluding hydrogens is 406 g/mol. The second kappa shape index (κ2) is 10.9. The predicted octanol–water partition coefficient (Wildman–Crippen LogP) is 1.52. The molecule has 2 atom stereocenters. The number of carbonyl (C=O) groups is 1. The van der Waals surface area contributed by atoms with Crippen molar-refractivity contribution in [1.29, 1.82) is 0 Å². The van der Waals surface area contributed by atoms with Crippen molar-refractivity contribution in [2.45, 2.75) is 19.5 Å². The minimum absolute atomic E-state index is 0.0201. The van der Waals surface area contributed by atoms with E-state index in [2.05, 4.69) is 24.7 Å². The Morgan fingerprint density at radius 1 is 1.19 bits per heavy atom. The SMILES string of the molecule is COc1ccc(CNC(=O)[C@@H]2C[C@H](CN3CCOCC3)CN(Cc3nccn3C)C2)cc1. The van der Waals surface area contributed by atoms with Gasteiger partial charge in [0.2, 0.25) is 5.91 Å². The van der Waals surface area contributed by atoms with Gasteiger partial charge < -0.3 is 19.4 Å². The van der Waals surface area contributed by atoms with Crippen LogP contribution in [0.3, 0.4) is 0 Å². The summed E-state index contributed by atoms with van der Waals surface area (Å²) in [7, 11) is 3.68. The van der Waals surface area contributed by atoms with Gasteiger partial charge in [0.25, 0.3) is 0 Å². The van der Waals surface area contributed by atoms with Gasteiger partial charge in [-0.3, -0.25) is 14.6 Å². The quantitative estimate of drug-likeness (QED) is 0.670. The molecule has 8 nitrogen and oxygen atoms in total. The molecule has 1 N–H and O–H groups in total. The number of carbonyl (C=O) groups excluding carboxylic acids is 1. The number of likely N-dealkylation sites (tertiary alicyclic amines) is 1. The lowest BCUT2D eigenvalue weighted by Crippen LogP contribution is -2.50. The Kier molecular flexibility index (Phi) is 7.78. The van der Waals surface area contributed by atoms with Gasteiger partial charge in [-0.05, 0) is 30.0 Å². The number of aromatic nitrogens is 2. The highest BCUT2D eigenvalue weighted by Gasteiger charge is 2.33. The van der Waals surface area contributed by atoms with Crippen molar-refractivity contribution in [2.24, 2.45) is 18.9 Å². The molecule has 1 aromatic carbocycles. The largest absolute Gasteiger partial charge is 0.497 e. The number of imidazole rings is 1. The average Bonchev–Trinajstić information content (AvgIpc) is 3.22. The number of ether oxygens (including phenoxy) is 2. The summed E-state index contributed by atoms with van der Waals surface area (Å²) in [5, 5.41) is 3.16. The van der Waals surface area contributed by atoms with E-state index in [1.807, 2.05) is 43.7 Å². The van der Waals surface area contributed by atoms with Gasteiger partial charge >= 0.3 is 0 Å². The monoisotopic (exact) mass is 441 g/mol. The number of hydrogen-bond acceptors (Lipinski definition) is 6. The lowest BCUT2D eigenvalue weighted by Gasteiger charge is -2.39. The van der Waals surface area contributed by atoms with Crippen molar-refractivity contribution in [3.63, 3.8) is 0 Å². The van der Waals surface area contributed by atoms with Crippen LogP contribution in [0.25, 0.3) is 0 Å². The van der Waals surface area contributed by atoms with Crippen LogP contribution in [0.5, 0.6) is 5.75 Å². The summed E-state index contributed by atoms with van der Waals surface area (Å²) in [6.07, 6.45) is 4.73. The number of morpholine rings is 1. The number of piperidine rings is 1. The number of benzene rings is 1. The number of rotatable bonds is 8. The molecule has 0 unspecified atom stereocenters. The number of methoxy groups -OCH3 is 1. The Balaban J connectivity index is 1.38. The lowest BCUT2D eigenvalue weighted by molar-refractivity contribution is -0.128. The van der Waals surface area contributed by atoms with E-state index in [0.717, 1.165) is 76.0 Å². The first-order valence-corrected chi connectivity index (χ1v) is 11.5. The second-order valence-electron chi connectivity index (χ2n) is 8.93. The zero-order chi connectivity index (χ0) is 22.3. The van der Waals surface area contributed by atoms with E-state index < -0.39 is 0 Å². The van der Waals surface area contributed by atoms with E-state index in [1.54, 1.807) is 7.11 Å². The van der Waals surface area contributed by atoms with Crippen LogP contribution >= 0.6 is 0 Å². The minimum atomic E-state index is -0.0201. The summed E-state index contributed by atoms with van der Waals surface area (Å²) in [5.74, 6) is 2.43. The molecule has 2 aliphatic heterocycles. The topological polar surface area (TPSA) is 71.9 Å². The van der Waals surface area contributed by atoms with Crippen LogP contribution in [0.1, 0.15) is 17.8 Å². The van der Waals surface area contributed by atoms with E-state index in [-0.39, 0.29) is 11.8 Å². The van der Waals surface area contributed by atoms with Gasteiger partial charge in [-0.25, -0.2) is 4.98 Å². The summed E-state index contributed by atoms with van der Waals surface area (Å²) >= 11 is 0. The molecule has 2 aliphatic rings. The van der Waals surface area contributed by atoms with Gasteiger partial charge in [0, 0.05) is 58.7 Å². The van der Waals surface area contributed by atoms with E-state index in [9.17, 15) is 4.79 Å². The Labute approximate surface area is 190 Å². The van der Waals surface area contributed by atoms with Gasteiger partial charge in [0.05, 0.1) is 32.8 Å². The van der Waals surface area contributed by atoms with E-state index in [1.165, 1.54) is 0 Å². The average molecular weight is 442 g/mol. The highest BCUT2D eigenvalue weighted by Crippen LogP contribution is 2.25. The Morgan fingerprint density at radius 3 is 2.66 bits per heavy atom. The summed E-state index contributed by atoms with van der Waals surface area (Å²) in [6.45, 7) is 7.63. The molecule has 0 saturated carbocycles. The lowest BCUT2D eigenvalue weighted by atomic mass is 9.87. The third-order valence-electron chi connectivity index (χ3n) is 6.52. The molecular formula is C24H35N5O3. The fourth-order valence-corrected chi connectivity index (χ4v) is 4.73. The number of nitrogens with one attached hydrogen (secondary N) is 1. The smallest absolute Gasteiger partial charge is 0.224 e. The molecule has 0 aliphatic carbocycles. The molecule has 2 saturated heterocycles. The highest BCUT2D eigenvalue weighted by molar-refractivity contribution is 5.79. The number of aryl methyl sites for hydroxylation is 1. The van der Waals surface area contributed by atoms with Gasteiger partial charge in [-0.1, -0.05) is 12.1 Å². The summed E-state index contributed by atoms with van der Waals surface area (Å²) in [5.41, 5.74) is 1.07. The van der Waals surface area contributed by atoms with Crippen molar-refractivity contribution in [3.8, 4) is 5.75 Å². The van der Waals surface area contributed by atoms with Crippen molar-refractivity contribution < 1.29 is 14.3 Å². The molecule has 0 bridgehead atoms. The van der Waals surface area contributed by atoms with Crippen molar-refractivity contribution in [2.75, 3.05) is 53.0 Å². The van der Waals surface area contributed by atoms with Gasteiger partial charge in [-0.2, -0.15) is 0 Å². The maximum atomic E-state index is 13.1. The molecule has 2 fully saturated rings. The van der Waals surface area contributed by atoms with Crippen LogP contribution in [0.4, 0.5) is 0 Å². The molecule has 1 aromatic heterocycles. The van der Waals surface area contributed by atoms with Crippen molar-refractivity contribution in [3.05, 3.63) is 48.0 Å². The molecule has 174 valence electrons. The Bertz CT molecular complexity index is 863.